The molecule has 30 heavy (non-hydrogen) atoms. The molecule has 0 unspecified atom stereocenters. The van der Waals surface area contributed by atoms with E-state index in [2.05, 4.69) is 0 Å². The predicted molar refractivity (Wildman–Crippen MR) is 116 cm³/mol. The summed E-state index contributed by atoms with van der Waals surface area (Å²) in [5, 5.41) is 0.750. The van der Waals surface area contributed by atoms with Crippen molar-refractivity contribution in [1.82, 2.24) is 4.31 Å². The van der Waals surface area contributed by atoms with Crippen molar-refractivity contribution in [2.75, 3.05) is 20.2 Å². The van der Waals surface area contributed by atoms with Crippen molar-refractivity contribution >= 4 is 39.2 Å². The van der Waals surface area contributed by atoms with E-state index in [0.717, 1.165) is 25.7 Å². The van der Waals surface area contributed by atoms with Gasteiger partial charge < -0.3 is 9.47 Å². The number of rotatable bonds is 6. The summed E-state index contributed by atoms with van der Waals surface area (Å²) >= 11 is 12.2. The molecule has 9 heteroatoms. The molecule has 0 radical (unpaired) electrons. The fraction of sp³-hybridized carbons (Fsp3) is 0.381. The molecule has 0 saturated carbocycles. The molecule has 0 spiro atoms. The van der Waals surface area contributed by atoms with Gasteiger partial charge in [-0.25, -0.2) is 13.2 Å². The van der Waals surface area contributed by atoms with Gasteiger partial charge in [-0.1, -0.05) is 42.1 Å². The Kier molecular flexibility index (Phi) is 7.63. The number of carbonyl (C=O) groups excluding carboxylic acids is 1. The molecule has 0 aromatic heterocycles. The minimum atomic E-state index is -3.72. The summed E-state index contributed by atoms with van der Waals surface area (Å²) in [6.45, 7) is 0.794. The summed E-state index contributed by atoms with van der Waals surface area (Å²) in [6, 6.07) is 9.19. The van der Waals surface area contributed by atoms with E-state index < -0.39 is 16.0 Å². The first-order chi connectivity index (χ1) is 14.3. The van der Waals surface area contributed by atoms with Gasteiger partial charge in [0.2, 0.25) is 10.0 Å². The number of ether oxygens (including phenoxy) is 2. The normalized spacial score (nSPS) is 15.4. The Bertz CT molecular complexity index is 998. The monoisotopic (exact) mass is 471 g/mol. The van der Waals surface area contributed by atoms with Crippen LogP contribution in [0.3, 0.4) is 0 Å². The largest absolute Gasteiger partial charge is 0.496 e. The van der Waals surface area contributed by atoms with E-state index in [1.165, 1.54) is 29.6 Å². The fourth-order valence-electron chi connectivity index (χ4n) is 3.32. The molecular weight excluding hydrogens is 449 g/mol. The SMILES string of the molecule is COc1ccc(S(=O)(=O)N2CCCCCC2)cc1C(=O)OCc1c(Cl)cccc1Cl. The second-order valence-electron chi connectivity index (χ2n) is 6.96. The quantitative estimate of drug-likeness (QED) is 0.558. The van der Waals surface area contributed by atoms with Crippen molar-refractivity contribution in [2.45, 2.75) is 37.2 Å². The molecular formula is C21H23Cl2NO5S. The van der Waals surface area contributed by atoms with Crippen LogP contribution in [-0.4, -0.2) is 38.9 Å². The van der Waals surface area contributed by atoms with Crippen LogP contribution in [0.2, 0.25) is 10.0 Å². The third kappa shape index (κ3) is 5.09. The van der Waals surface area contributed by atoms with Gasteiger partial charge in [0.15, 0.2) is 0 Å². The standard InChI is InChI=1S/C21H23Cl2NO5S/c1-28-20-10-9-15(30(26,27)24-11-4-2-3-5-12-24)13-16(20)21(25)29-14-17-18(22)7-6-8-19(17)23/h6-10,13H,2-5,11-12,14H2,1H3. The molecule has 1 aliphatic rings. The van der Waals surface area contributed by atoms with Crippen molar-refractivity contribution in [3.05, 3.63) is 57.6 Å². The second-order valence-corrected chi connectivity index (χ2v) is 9.71. The minimum absolute atomic E-state index is 0.0246. The molecule has 1 saturated heterocycles. The smallest absolute Gasteiger partial charge is 0.342 e. The zero-order chi connectivity index (χ0) is 21.7. The zero-order valence-corrected chi connectivity index (χ0v) is 18.9. The highest BCUT2D eigenvalue weighted by atomic mass is 35.5. The number of methoxy groups -OCH3 is 1. The summed E-state index contributed by atoms with van der Waals surface area (Å²) in [5.41, 5.74) is 0.498. The summed E-state index contributed by atoms with van der Waals surface area (Å²) < 4.78 is 38.2. The molecule has 0 aliphatic carbocycles. The maximum absolute atomic E-state index is 13.1. The minimum Gasteiger partial charge on any atom is -0.496 e. The topological polar surface area (TPSA) is 72.9 Å². The number of hydrogen-bond donors (Lipinski definition) is 0. The van der Waals surface area contributed by atoms with Crippen LogP contribution in [0.4, 0.5) is 0 Å². The van der Waals surface area contributed by atoms with Gasteiger partial charge in [0, 0.05) is 28.7 Å². The van der Waals surface area contributed by atoms with Gasteiger partial charge in [-0.15, -0.1) is 0 Å². The van der Waals surface area contributed by atoms with Crippen LogP contribution in [0.15, 0.2) is 41.3 Å². The average Bonchev–Trinajstić information content (AvgIpc) is 3.03. The Morgan fingerprint density at radius 3 is 2.27 bits per heavy atom. The first-order valence-corrected chi connectivity index (χ1v) is 11.8. The van der Waals surface area contributed by atoms with E-state index in [1.54, 1.807) is 18.2 Å². The number of halogens is 2. The molecule has 1 aliphatic heterocycles. The van der Waals surface area contributed by atoms with E-state index in [4.69, 9.17) is 32.7 Å². The second kappa shape index (κ2) is 10.0. The lowest BCUT2D eigenvalue weighted by Crippen LogP contribution is -2.32. The highest BCUT2D eigenvalue weighted by molar-refractivity contribution is 7.89. The van der Waals surface area contributed by atoms with Crippen LogP contribution in [0.25, 0.3) is 0 Å². The van der Waals surface area contributed by atoms with Crippen LogP contribution in [-0.2, 0) is 21.4 Å². The van der Waals surface area contributed by atoms with Crippen molar-refractivity contribution in [3.63, 3.8) is 0 Å². The highest BCUT2D eigenvalue weighted by Gasteiger charge is 2.27. The maximum Gasteiger partial charge on any atom is 0.342 e. The molecule has 0 atom stereocenters. The van der Waals surface area contributed by atoms with Crippen LogP contribution < -0.4 is 4.74 Å². The van der Waals surface area contributed by atoms with E-state index >= 15 is 0 Å². The van der Waals surface area contributed by atoms with Gasteiger partial charge in [-0.05, 0) is 43.2 Å². The van der Waals surface area contributed by atoms with Gasteiger partial charge in [0.05, 0.1) is 12.0 Å². The van der Waals surface area contributed by atoms with E-state index in [9.17, 15) is 13.2 Å². The lowest BCUT2D eigenvalue weighted by atomic mass is 10.2. The van der Waals surface area contributed by atoms with Gasteiger partial charge in [0.1, 0.15) is 17.9 Å². The number of nitrogens with zero attached hydrogens (tertiary/aromatic N) is 1. The summed E-state index contributed by atoms with van der Waals surface area (Å²) in [5.74, 6) is -0.504. The van der Waals surface area contributed by atoms with Gasteiger partial charge in [0.25, 0.3) is 0 Å². The molecule has 3 rings (SSSR count). The van der Waals surface area contributed by atoms with Crippen molar-refractivity contribution < 1.29 is 22.7 Å². The molecule has 6 nitrogen and oxygen atoms in total. The molecule has 1 heterocycles. The Morgan fingerprint density at radius 1 is 1.03 bits per heavy atom. The molecule has 162 valence electrons. The highest BCUT2D eigenvalue weighted by Crippen LogP contribution is 2.29. The summed E-state index contributed by atoms with van der Waals surface area (Å²) in [7, 11) is -2.32. The third-order valence-corrected chi connectivity index (χ3v) is 7.61. The van der Waals surface area contributed by atoms with E-state index in [1.807, 2.05) is 0 Å². The van der Waals surface area contributed by atoms with Crippen LogP contribution >= 0.6 is 23.2 Å². The Labute approximate surface area is 186 Å². The van der Waals surface area contributed by atoms with Crippen LogP contribution in [0.5, 0.6) is 5.75 Å². The maximum atomic E-state index is 13.1. The number of esters is 1. The fourth-order valence-corrected chi connectivity index (χ4v) is 5.37. The average molecular weight is 472 g/mol. The van der Waals surface area contributed by atoms with Gasteiger partial charge >= 0.3 is 5.97 Å². The first-order valence-electron chi connectivity index (χ1n) is 9.63. The lowest BCUT2D eigenvalue weighted by Gasteiger charge is -2.20. The third-order valence-electron chi connectivity index (χ3n) is 5.00. The lowest BCUT2D eigenvalue weighted by molar-refractivity contribution is 0.0469. The Balaban J connectivity index is 1.86. The number of sulfonamides is 1. The summed E-state index contributed by atoms with van der Waals surface area (Å²) in [6.07, 6.45) is 3.67. The Hall–Kier alpha value is -1.80. The van der Waals surface area contributed by atoms with Gasteiger partial charge in [-0.3, -0.25) is 0 Å². The number of benzene rings is 2. The molecule has 1 fully saturated rings. The number of carbonyl (C=O) groups is 1. The number of hydrogen-bond acceptors (Lipinski definition) is 5. The van der Waals surface area contributed by atoms with Crippen LogP contribution in [0.1, 0.15) is 41.6 Å². The van der Waals surface area contributed by atoms with Crippen molar-refractivity contribution in [1.29, 1.82) is 0 Å². The van der Waals surface area contributed by atoms with Crippen molar-refractivity contribution in [3.8, 4) is 5.75 Å². The molecule has 0 bridgehead atoms. The predicted octanol–water partition coefficient (Wildman–Crippen LogP) is 4.92. The first kappa shape index (κ1) is 22.9. The van der Waals surface area contributed by atoms with E-state index in [0.29, 0.717) is 28.7 Å². The zero-order valence-electron chi connectivity index (χ0n) is 16.6. The molecule has 2 aromatic carbocycles. The Morgan fingerprint density at radius 2 is 1.67 bits per heavy atom. The van der Waals surface area contributed by atoms with E-state index in [-0.39, 0.29) is 22.8 Å². The molecule has 2 aromatic rings. The molecule has 0 amide bonds. The van der Waals surface area contributed by atoms with Gasteiger partial charge in [-0.2, -0.15) is 4.31 Å². The van der Waals surface area contributed by atoms with Crippen LogP contribution in [0, 0.1) is 0 Å². The summed E-state index contributed by atoms with van der Waals surface area (Å²) in [4.78, 5) is 12.8. The molecule has 0 N–H and O–H groups in total. The van der Waals surface area contributed by atoms with Crippen molar-refractivity contribution in [2.24, 2.45) is 0 Å².